The average molecular weight is 278 g/mol. The SMILES string of the molecule is CCCCN1C(=O)C2(CCCC2)NC(=O)C1(C)C1CC1. The smallest absolute Gasteiger partial charge is 0.249 e. The van der Waals surface area contributed by atoms with E-state index >= 15 is 0 Å². The van der Waals surface area contributed by atoms with Crippen molar-refractivity contribution in [2.24, 2.45) is 5.92 Å². The van der Waals surface area contributed by atoms with Gasteiger partial charge in [-0.3, -0.25) is 9.59 Å². The van der Waals surface area contributed by atoms with Gasteiger partial charge in [-0.1, -0.05) is 26.2 Å². The van der Waals surface area contributed by atoms with Crippen LogP contribution in [0.2, 0.25) is 0 Å². The van der Waals surface area contributed by atoms with Gasteiger partial charge in [-0.2, -0.15) is 0 Å². The molecule has 4 heteroatoms. The van der Waals surface area contributed by atoms with E-state index in [0.29, 0.717) is 5.92 Å². The predicted octanol–water partition coefficient (Wildman–Crippen LogP) is 2.23. The Morgan fingerprint density at radius 2 is 1.90 bits per heavy atom. The van der Waals surface area contributed by atoms with Gasteiger partial charge < -0.3 is 10.2 Å². The quantitative estimate of drug-likeness (QED) is 0.857. The molecule has 2 saturated carbocycles. The summed E-state index contributed by atoms with van der Waals surface area (Å²) in [5, 5.41) is 3.13. The van der Waals surface area contributed by atoms with Gasteiger partial charge in [-0.25, -0.2) is 0 Å². The van der Waals surface area contributed by atoms with Crippen molar-refractivity contribution in [1.82, 2.24) is 10.2 Å². The predicted molar refractivity (Wildman–Crippen MR) is 77.1 cm³/mol. The number of amides is 2. The lowest BCUT2D eigenvalue weighted by atomic mass is 9.82. The van der Waals surface area contributed by atoms with Crippen LogP contribution >= 0.6 is 0 Å². The fraction of sp³-hybridized carbons (Fsp3) is 0.875. The Labute approximate surface area is 121 Å². The number of hydrogen-bond donors (Lipinski definition) is 1. The number of nitrogens with zero attached hydrogens (tertiary/aromatic N) is 1. The third-order valence-corrected chi connectivity index (χ3v) is 5.59. The summed E-state index contributed by atoms with van der Waals surface area (Å²) in [4.78, 5) is 27.8. The molecule has 0 bridgehead atoms. The standard InChI is InChI=1S/C16H26N2O2/c1-3-4-11-18-14(20)16(9-5-6-10-16)17-13(19)15(18,2)12-7-8-12/h12H,3-11H2,1-2H3,(H,17,19). The second kappa shape index (κ2) is 4.74. The first-order valence-electron chi connectivity index (χ1n) is 8.19. The van der Waals surface area contributed by atoms with Crippen LogP contribution in [0.3, 0.4) is 0 Å². The van der Waals surface area contributed by atoms with E-state index < -0.39 is 11.1 Å². The molecule has 2 amide bonds. The summed E-state index contributed by atoms with van der Waals surface area (Å²) in [6.07, 6.45) is 7.93. The van der Waals surface area contributed by atoms with Gasteiger partial charge in [0, 0.05) is 6.54 Å². The average Bonchev–Trinajstić information content (AvgIpc) is 3.18. The monoisotopic (exact) mass is 278 g/mol. The molecule has 1 saturated heterocycles. The minimum absolute atomic E-state index is 0.0950. The topological polar surface area (TPSA) is 49.4 Å². The number of carbonyl (C=O) groups excluding carboxylic acids is 2. The highest BCUT2D eigenvalue weighted by Gasteiger charge is 2.61. The third kappa shape index (κ3) is 1.87. The molecule has 3 rings (SSSR count). The van der Waals surface area contributed by atoms with Crippen molar-refractivity contribution >= 4 is 11.8 Å². The minimum atomic E-state index is -0.597. The molecular weight excluding hydrogens is 252 g/mol. The van der Waals surface area contributed by atoms with E-state index in [0.717, 1.165) is 57.9 Å². The molecule has 1 atom stereocenters. The van der Waals surface area contributed by atoms with Crippen molar-refractivity contribution in [3.8, 4) is 0 Å². The highest BCUT2D eigenvalue weighted by atomic mass is 16.2. The van der Waals surface area contributed by atoms with E-state index in [-0.39, 0.29) is 11.8 Å². The zero-order chi connectivity index (χ0) is 14.4. The minimum Gasteiger partial charge on any atom is -0.340 e. The summed E-state index contributed by atoms with van der Waals surface area (Å²) in [6.45, 7) is 4.85. The van der Waals surface area contributed by atoms with Crippen molar-refractivity contribution in [3.63, 3.8) is 0 Å². The van der Waals surface area contributed by atoms with Crippen LogP contribution in [0.15, 0.2) is 0 Å². The third-order valence-electron chi connectivity index (χ3n) is 5.59. The van der Waals surface area contributed by atoms with E-state index in [9.17, 15) is 9.59 Å². The maximum atomic E-state index is 13.1. The lowest BCUT2D eigenvalue weighted by Crippen LogP contribution is -2.75. The molecule has 4 nitrogen and oxygen atoms in total. The summed E-state index contributed by atoms with van der Waals surface area (Å²) < 4.78 is 0. The number of hydrogen-bond acceptors (Lipinski definition) is 2. The molecule has 1 aliphatic heterocycles. The van der Waals surface area contributed by atoms with Crippen LogP contribution < -0.4 is 5.32 Å². The summed E-state index contributed by atoms with van der Waals surface area (Å²) >= 11 is 0. The van der Waals surface area contributed by atoms with Gasteiger partial charge in [-0.15, -0.1) is 0 Å². The molecule has 3 fully saturated rings. The molecule has 0 aromatic carbocycles. The van der Waals surface area contributed by atoms with Crippen LogP contribution in [0.25, 0.3) is 0 Å². The van der Waals surface area contributed by atoms with E-state index in [2.05, 4.69) is 12.2 Å². The van der Waals surface area contributed by atoms with E-state index in [1.165, 1.54) is 0 Å². The van der Waals surface area contributed by atoms with Gasteiger partial charge in [0.05, 0.1) is 0 Å². The molecule has 0 radical (unpaired) electrons. The Balaban J connectivity index is 1.92. The number of nitrogens with one attached hydrogen (secondary N) is 1. The molecule has 1 spiro atoms. The number of piperazine rings is 1. The largest absolute Gasteiger partial charge is 0.340 e. The number of unbranched alkanes of at least 4 members (excludes halogenated alkanes) is 1. The van der Waals surface area contributed by atoms with Crippen LogP contribution in [0, 0.1) is 5.92 Å². The fourth-order valence-electron chi connectivity index (χ4n) is 4.01. The zero-order valence-electron chi connectivity index (χ0n) is 12.7. The van der Waals surface area contributed by atoms with Crippen molar-refractivity contribution in [1.29, 1.82) is 0 Å². The molecular formula is C16H26N2O2. The maximum Gasteiger partial charge on any atom is 0.249 e. The van der Waals surface area contributed by atoms with Gasteiger partial charge in [0.1, 0.15) is 11.1 Å². The van der Waals surface area contributed by atoms with Crippen LogP contribution in [0.4, 0.5) is 0 Å². The highest BCUT2D eigenvalue weighted by Crippen LogP contribution is 2.47. The molecule has 3 aliphatic rings. The van der Waals surface area contributed by atoms with Gasteiger partial charge in [-0.05, 0) is 44.9 Å². The Morgan fingerprint density at radius 1 is 1.25 bits per heavy atom. The Hall–Kier alpha value is -1.06. The Kier molecular flexibility index (Phi) is 3.30. The lowest BCUT2D eigenvalue weighted by molar-refractivity contribution is -0.163. The van der Waals surface area contributed by atoms with Crippen molar-refractivity contribution < 1.29 is 9.59 Å². The summed E-state index contributed by atoms with van der Waals surface area (Å²) in [5.74, 6) is 0.650. The molecule has 0 aromatic heterocycles. The van der Waals surface area contributed by atoms with Crippen LogP contribution in [0.1, 0.15) is 65.2 Å². The van der Waals surface area contributed by atoms with Crippen molar-refractivity contribution in [2.75, 3.05) is 6.54 Å². The number of rotatable bonds is 4. The van der Waals surface area contributed by atoms with Gasteiger partial charge >= 0.3 is 0 Å². The molecule has 2 aliphatic carbocycles. The van der Waals surface area contributed by atoms with Crippen molar-refractivity contribution in [3.05, 3.63) is 0 Å². The first kappa shape index (κ1) is 13.9. The fourth-order valence-corrected chi connectivity index (χ4v) is 4.01. The first-order chi connectivity index (χ1) is 9.54. The zero-order valence-corrected chi connectivity index (χ0v) is 12.7. The second-order valence-electron chi connectivity index (χ2n) is 6.98. The summed E-state index contributed by atoms with van der Waals surface area (Å²) in [6, 6.07) is 0. The number of carbonyl (C=O) groups is 2. The van der Waals surface area contributed by atoms with Crippen molar-refractivity contribution in [2.45, 2.75) is 76.3 Å². The van der Waals surface area contributed by atoms with E-state index in [1.807, 2.05) is 11.8 Å². The van der Waals surface area contributed by atoms with Gasteiger partial charge in [0.2, 0.25) is 11.8 Å². The second-order valence-corrected chi connectivity index (χ2v) is 6.98. The summed E-state index contributed by atoms with van der Waals surface area (Å²) in [5.41, 5.74) is -1.17. The van der Waals surface area contributed by atoms with E-state index in [4.69, 9.17) is 0 Å². The normalized spacial score (nSPS) is 32.8. The van der Waals surface area contributed by atoms with Crippen LogP contribution in [-0.4, -0.2) is 34.3 Å². The molecule has 112 valence electrons. The Bertz CT molecular complexity index is 424. The van der Waals surface area contributed by atoms with Gasteiger partial charge in [0.25, 0.3) is 0 Å². The maximum absolute atomic E-state index is 13.1. The molecule has 20 heavy (non-hydrogen) atoms. The van der Waals surface area contributed by atoms with Crippen LogP contribution in [-0.2, 0) is 9.59 Å². The van der Waals surface area contributed by atoms with E-state index in [1.54, 1.807) is 0 Å². The Morgan fingerprint density at radius 3 is 2.45 bits per heavy atom. The van der Waals surface area contributed by atoms with Crippen LogP contribution in [0.5, 0.6) is 0 Å². The molecule has 1 N–H and O–H groups in total. The first-order valence-corrected chi connectivity index (χ1v) is 8.19. The molecule has 1 heterocycles. The lowest BCUT2D eigenvalue weighted by Gasteiger charge is -2.50. The molecule has 1 unspecified atom stereocenters. The van der Waals surface area contributed by atoms with Gasteiger partial charge in [0.15, 0.2) is 0 Å². The highest BCUT2D eigenvalue weighted by molar-refractivity contribution is 6.02. The molecule has 0 aromatic rings. The summed E-state index contributed by atoms with van der Waals surface area (Å²) in [7, 11) is 0.